The maximum absolute atomic E-state index is 10.2. The number of β-amino-alcohol motifs (C(OH)–C–C–N with tert-alkyl or cyclic N) is 1. The van der Waals surface area contributed by atoms with Crippen LogP contribution in [0.3, 0.4) is 0 Å². The number of ether oxygens (including phenoxy) is 2. The molecule has 0 aliphatic carbocycles. The first-order chi connectivity index (χ1) is 11.6. The third kappa shape index (κ3) is 3.26. The van der Waals surface area contributed by atoms with E-state index in [4.69, 9.17) is 9.47 Å². The predicted octanol–water partition coefficient (Wildman–Crippen LogP) is 3.24. The van der Waals surface area contributed by atoms with Crippen LogP contribution in [-0.4, -0.2) is 42.5 Å². The van der Waals surface area contributed by atoms with Gasteiger partial charge in [0.1, 0.15) is 0 Å². The number of aliphatic hydroxyl groups excluding tert-OH is 1. The van der Waals surface area contributed by atoms with Gasteiger partial charge in [0.05, 0.1) is 24.8 Å². The second kappa shape index (κ2) is 7.26. The van der Waals surface area contributed by atoms with Crippen molar-refractivity contribution in [1.82, 2.24) is 4.98 Å². The highest BCUT2D eigenvalue weighted by atomic mass is 16.5. The van der Waals surface area contributed by atoms with Gasteiger partial charge in [-0.1, -0.05) is 6.92 Å². The van der Waals surface area contributed by atoms with Crippen LogP contribution in [0.4, 0.5) is 5.69 Å². The minimum absolute atomic E-state index is 0.295. The van der Waals surface area contributed by atoms with Crippen LogP contribution in [0.15, 0.2) is 24.4 Å². The molecule has 2 unspecified atom stereocenters. The summed E-state index contributed by atoms with van der Waals surface area (Å²) in [6.07, 6.45) is 2.51. The second-order valence-electron chi connectivity index (χ2n) is 6.29. The van der Waals surface area contributed by atoms with Gasteiger partial charge in [-0.25, -0.2) is 0 Å². The molecule has 0 saturated carbocycles. The van der Waals surface area contributed by atoms with E-state index in [1.165, 1.54) is 0 Å². The number of pyridine rings is 1. The summed E-state index contributed by atoms with van der Waals surface area (Å²) >= 11 is 0. The molecule has 0 amide bonds. The number of nitrogens with zero attached hydrogens (tertiary/aromatic N) is 2. The Morgan fingerprint density at radius 1 is 1.21 bits per heavy atom. The lowest BCUT2D eigenvalue weighted by atomic mass is 9.95. The summed E-state index contributed by atoms with van der Waals surface area (Å²) in [4.78, 5) is 6.73. The van der Waals surface area contributed by atoms with E-state index in [-0.39, 0.29) is 6.10 Å². The van der Waals surface area contributed by atoms with Crippen LogP contribution in [0.2, 0.25) is 0 Å². The van der Waals surface area contributed by atoms with Crippen LogP contribution in [0.25, 0.3) is 10.9 Å². The van der Waals surface area contributed by atoms with Gasteiger partial charge < -0.3 is 19.5 Å². The first kappa shape index (κ1) is 16.8. The van der Waals surface area contributed by atoms with Gasteiger partial charge in [-0.05, 0) is 38.3 Å². The van der Waals surface area contributed by atoms with Gasteiger partial charge in [-0.15, -0.1) is 0 Å². The van der Waals surface area contributed by atoms with E-state index in [0.717, 1.165) is 41.1 Å². The number of aromatic nitrogens is 1. The van der Waals surface area contributed by atoms with E-state index < -0.39 is 0 Å². The number of benzene rings is 1. The van der Waals surface area contributed by atoms with Crippen LogP contribution < -0.4 is 14.4 Å². The SMILES string of the molecule is CCOc1cc2nccc(N3CCC(C)C(O)C3)c2cc1OCC. The Hall–Kier alpha value is -2.01. The summed E-state index contributed by atoms with van der Waals surface area (Å²) in [6, 6.07) is 5.97. The number of rotatable bonds is 5. The number of hydrogen-bond donors (Lipinski definition) is 1. The molecule has 0 spiro atoms. The van der Waals surface area contributed by atoms with E-state index in [2.05, 4.69) is 16.8 Å². The molecular formula is C19H26N2O3. The molecule has 1 aliphatic rings. The summed E-state index contributed by atoms with van der Waals surface area (Å²) < 4.78 is 11.5. The molecule has 1 N–H and O–H groups in total. The Kier molecular flexibility index (Phi) is 5.09. The lowest BCUT2D eigenvalue weighted by molar-refractivity contribution is 0.103. The molecule has 1 aromatic heterocycles. The van der Waals surface area contributed by atoms with E-state index in [1.54, 1.807) is 0 Å². The lowest BCUT2D eigenvalue weighted by Crippen LogP contribution is -2.43. The molecule has 2 aromatic rings. The molecule has 2 heterocycles. The zero-order valence-electron chi connectivity index (χ0n) is 14.7. The van der Waals surface area contributed by atoms with Gasteiger partial charge in [0.25, 0.3) is 0 Å². The van der Waals surface area contributed by atoms with E-state index in [1.807, 2.05) is 38.2 Å². The van der Waals surface area contributed by atoms with E-state index >= 15 is 0 Å². The Labute approximate surface area is 143 Å². The third-order valence-corrected chi connectivity index (χ3v) is 4.64. The van der Waals surface area contributed by atoms with Crippen LogP contribution >= 0.6 is 0 Å². The molecule has 24 heavy (non-hydrogen) atoms. The lowest BCUT2D eigenvalue weighted by Gasteiger charge is -2.36. The topological polar surface area (TPSA) is 54.8 Å². The van der Waals surface area contributed by atoms with Crippen LogP contribution in [0.1, 0.15) is 27.2 Å². The first-order valence-electron chi connectivity index (χ1n) is 8.75. The minimum Gasteiger partial charge on any atom is -0.490 e. The van der Waals surface area contributed by atoms with Gasteiger partial charge in [0.2, 0.25) is 0 Å². The molecule has 1 aliphatic heterocycles. The molecule has 5 nitrogen and oxygen atoms in total. The molecule has 130 valence electrons. The Morgan fingerprint density at radius 2 is 1.92 bits per heavy atom. The van der Waals surface area contributed by atoms with Gasteiger partial charge in [0, 0.05) is 36.4 Å². The molecule has 0 bridgehead atoms. The fraction of sp³-hybridized carbons (Fsp3) is 0.526. The summed E-state index contributed by atoms with van der Waals surface area (Å²) in [5.74, 6) is 1.81. The first-order valence-corrected chi connectivity index (χ1v) is 8.75. The van der Waals surface area contributed by atoms with Crippen LogP contribution in [0.5, 0.6) is 11.5 Å². The van der Waals surface area contributed by atoms with E-state index in [9.17, 15) is 5.11 Å². The molecule has 1 saturated heterocycles. The van der Waals surface area contributed by atoms with Crippen molar-refractivity contribution < 1.29 is 14.6 Å². The van der Waals surface area contributed by atoms with Gasteiger partial charge in [-0.3, -0.25) is 4.98 Å². The summed E-state index contributed by atoms with van der Waals surface area (Å²) in [5.41, 5.74) is 1.97. The zero-order valence-corrected chi connectivity index (χ0v) is 14.7. The Balaban J connectivity index is 2.04. The predicted molar refractivity (Wildman–Crippen MR) is 96.1 cm³/mol. The van der Waals surface area contributed by atoms with Crippen molar-refractivity contribution in [3.05, 3.63) is 24.4 Å². The zero-order chi connectivity index (χ0) is 17.1. The van der Waals surface area contributed by atoms with Crippen LogP contribution in [0, 0.1) is 5.92 Å². The maximum Gasteiger partial charge on any atom is 0.163 e. The summed E-state index contributed by atoms with van der Waals surface area (Å²) in [6.45, 7) is 8.79. The van der Waals surface area contributed by atoms with Crippen molar-refractivity contribution >= 4 is 16.6 Å². The smallest absolute Gasteiger partial charge is 0.163 e. The third-order valence-electron chi connectivity index (χ3n) is 4.64. The highest BCUT2D eigenvalue weighted by Gasteiger charge is 2.25. The van der Waals surface area contributed by atoms with Crippen molar-refractivity contribution in [3.63, 3.8) is 0 Å². The standard InChI is InChI=1S/C19H26N2O3/c1-4-23-18-10-14-15(11-19(18)24-5-2)20-8-6-16(14)21-9-7-13(3)17(22)12-21/h6,8,10-11,13,17,22H,4-5,7,9,12H2,1-3H3. The van der Waals surface area contributed by atoms with E-state index in [0.29, 0.717) is 25.7 Å². The number of piperidine rings is 1. The molecule has 0 radical (unpaired) electrons. The number of anilines is 1. The molecule has 1 aromatic carbocycles. The average molecular weight is 330 g/mol. The van der Waals surface area contributed by atoms with Crippen molar-refractivity contribution in [2.75, 3.05) is 31.2 Å². The van der Waals surface area contributed by atoms with Crippen LogP contribution in [-0.2, 0) is 0 Å². The van der Waals surface area contributed by atoms with Crippen molar-refractivity contribution in [2.45, 2.75) is 33.3 Å². The number of hydrogen-bond acceptors (Lipinski definition) is 5. The second-order valence-corrected chi connectivity index (χ2v) is 6.29. The fourth-order valence-corrected chi connectivity index (χ4v) is 3.22. The summed E-state index contributed by atoms with van der Waals surface area (Å²) in [5, 5.41) is 11.3. The van der Waals surface area contributed by atoms with Crippen molar-refractivity contribution in [2.24, 2.45) is 5.92 Å². The minimum atomic E-state index is -0.295. The monoisotopic (exact) mass is 330 g/mol. The summed E-state index contributed by atoms with van der Waals surface area (Å²) in [7, 11) is 0. The number of fused-ring (bicyclic) bond motifs is 1. The molecule has 1 fully saturated rings. The van der Waals surface area contributed by atoms with Crippen molar-refractivity contribution in [1.29, 1.82) is 0 Å². The highest BCUT2D eigenvalue weighted by molar-refractivity contribution is 5.94. The quantitative estimate of drug-likeness (QED) is 0.912. The van der Waals surface area contributed by atoms with Gasteiger partial charge >= 0.3 is 0 Å². The molecule has 2 atom stereocenters. The highest BCUT2D eigenvalue weighted by Crippen LogP contribution is 2.37. The molecule has 3 rings (SSSR count). The largest absolute Gasteiger partial charge is 0.490 e. The fourth-order valence-electron chi connectivity index (χ4n) is 3.22. The van der Waals surface area contributed by atoms with Gasteiger partial charge in [0.15, 0.2) is 11.5 Å². The maximum atomic E-state index is 10.2. The molecule has 5 heteroatoms. The molecular weight excluding hydrogens is 304 g/mol. The normalized spacial score (nSPS) is 21.1. The average Bonchev–Trinajstić information content (AvgIpc) is 2.58. The van der Waals surface area contributed by atoms with Gasteiger partial charge in [-0.2, -0.15) is 0 Å². The Morgan fingerprint density at radius 3 is 2.58 bits per heavy atom. The Bertz CT molecular complexity index is 704. The number of aliphatic hydroxyl groups is 1. The van der Waals surface area contributed by atoms with Crippen molar-refractivity contribution in [3.8, 4) is 11.5 Å².